The molecule has 0 aliphatic heterocycles. The zero-order chi connectivity index (χ0) is 25.9. The van der Waals surface area contributed by atoms with Gasteiger partial charge in [-0.3, -0.25) is 19.7 Å². The molecule has 3 aromatic rings. The molecule has 0 aliphatic carbocycles. The lowest BCUT2D eigenvalue weighted by atomic mass is 9.92. The first-order chi connectivity index (χ1) is 16.4. The second-order valence-corrected chi connectivity index (χ2v) is 9.61. The lowest BCUT2D eigenvalue weighted by Crippen LogP contribution is -2.38. The van der Waals surface area contributed by atoms with Crippen molar-refractivity contribution in [3.8, 4) is 5.69 Å². The van der Waals surface area contributed by atoms with Gasteiger partial charge in [0.15, 0.2) is 0 Å². The van der Waals surface area contributed by atoms with Gasteiger partial charge in [0, 0.05) is 30.2 Å². The van der Waals surface area contributed by atoms with Crippen molar-refractivity contribution in [2.75, 3.05) is 18.4 Å². The number of aromatic nitrogens is 2. The number of carbonyl (C=O) groups excluding carboxylic acids is 2. The van der Waals surface area contributed by atoms with E-state index in [4.69, 9.17) is 16.7 Å². The molecule has 184 valence electrons. The number of hydrogen-bond acceptors (Lipinski definition) is 5. The van der Waals surface area contributed by atoms with Gasteiger partial charge in [0.25, 0.3) is 11.6 Å². The van der Waals surface area contributed by atoms with Gasteiger partial charge >= 0.3 is 0 Å². The van der Waals surface area contributed by atoms with E-state index < -0.39 is 16.7 Å². The highest BCUT2D eigenvalue weighted by atomic mass is 35.5. The molecule has 0 unspecified atom stereocenters. The van der Waals surface area contributed by atoms with E-state index in [0.29, 0.717) is 5.82 Å². The molecule has 0 fully saturated rings. The number of non-ortho nitro benzene ring substituents is 1. The van der Waals surface area contributed by atoms with Gasteiger partial charge < -0.3 is 10.2 Å². The average molecular weight is 498 g/mol. The maximum atomic E-state index is 13.0. The number of halogens is 1. The van der Waals surface area contributed by atoms with Crippen molar-refractivity contribution in [2.45, 2.75) is 40.0 Å². The highest BCUT2D eigenvalue weighted by molar-refractivity contribution is 6.34. The Labute approximate surface area is 208 Å². The number of nitro groups is 1. The van der Waals surface area contributed by atoms with Crippen LogP contribution in [0, 0.1) is 17.0 Å². The standard InChI is InChI=1S/C25H28ClN5O4/c1-6-29(24(33)19-12-11-18(31(34)35)13-20(19)26)15-23(32)27-22-14-21(25(3,4)5)28-30(22)17-9-7-16(2)8-10-17/h7-14H,6,15H2,1-5H3,(H,27,32). The SMILES string of the molecule is CCN(CC(=O)Nc1cc(C(C)(C)C)nn1-c1ccc(C)cc1)C(=O)c1ccc([N+](=O)[O-])cc1Cl. The fraction of sp³-hybridized carbons (Fsp3) is 0.320. The molecule has 35 heavy (non-hydrogen) atoms. The fourth-order valence-corrected chi connectivity index (χ4v) is 3.62. The Kier molecular flexibility index (Phi) is 7.60. The summed E-state index contributed by atoms with van der Waals surface area (Å²) in [5.74, 6) is -0.419. The van der Waals surface area contributed by atoms with Gasteiger partial charge in [0.1, 0.15) is 12.4 Å². The lowest BCUT2D eigenvalue weighted by Gasteiger charge is -2.21. The van der Waals surface area contributed by atoms with E-state index in [-0.39, 0.29) is 34.8 Å². The number of likely N-dealkylation sites (N-methyl/N-ethyl adjacent to an activating group) is 1. The van der Waals surface area contributed by atoms with Crippen LogP contribution in [-0.4, -0.2) is 44.5 Å². The Hall–Kier alpha value is -3.72. The molecule has 3 rings (SSSR count). The Morgan fingerprint density at radius 2 is 1.80 bits per heavy atom. The van der Waals surface area contributed by atoms with Crippen LogP contribution in [0.2, 0.25) is 5.02 Å². The minimum absolute atomic E-state index is 0.0460. The van der Waals surface area contributed by atoms with Crippen molar-refractivity contribution in [1.82, 2.24) is 14.7 Å². The zero-order valence-electron chi connectivity index (χ0n) is 20.3. The average Bonchev–Trinajstić information content (AvgIpc) is 3.21. The molecule has 2 amide bonds. The molecule has 1 heterocycles. The van der Waals surface area contributed by atoms with Crippen LogP contribution in [0.1, 0.15) is 49.3 Å². The molecule has 0 atom stereocenters. The third-order valence-electron chi connectivity index (χ3n) is 5.42. The number of hydrogen-bond donors (Lipinski definition) is 1. The summed E-state index contributed by atoms with van der Waals surface area (Å²) in [6.45, 7) is 9.84. The monoisotopic (exact) mass is 497 g/mol. The largest absolute Gasteiger partial charge is 0.330 e. The number of nitrogens with one attached hydrogen (secondary N) is 1. The number of rotatable bonds is 7. The summed E-state index contributed by atoms with van der Waals surface area (Å²) in [5, 5.41) is 18.5. The van der Waals surface area contributed by atoms with E-state index in [9.17, 15) is 19.7 Å². The molecule has 0 radical (unpaired) electrons. The fourth-order valence-electron chi connectivity index (χ4n) is 3.36. The topological polar surface area (TPSA) is 110 Å². The first-order valence-corrected chi connectivity index (χ1v) is 11.5. The molecular formula is C25H28ClN5O4. The molecule has 0 aliphatic rings. The molecule has 0 bridgehead atoms. The first kappa shape index (κ1) is 25.9. The number of carbonyl (C=O) groups is 2. The van der Waals surface area contributed by atoms with Crippen molar-refractivity contribution >= 4 is 34.9 Å². The van der Waals surface area contributed by atoms with Crippen LogP contribution in [-0.2, 0) is 10.2 Å². The van der Waals surface area contributed by atoms with Crippen LogP contribution < -0.4 is 5.32 Å². The van der Waals surface area contributed by atoms with Crippen LogP contribution in [0.15, 0.2) is 48.5 Å². The summed E-state index contributed by atoms with van der Waals surface area (Å²) in [4.78, 5) is 37.6. The van der Waals surface area contributed by atoms with Crippen LogP contribution in [0.25, 0.3) is 5.69 Å². The Balaban J connectivity index is 1.83. The zero-order valence-corrected chi connectivity index (χ0v) is 21.1. The molecule has 1 N–H and O–H groups in total. The highest BCUT2D eigenvalue weighted by Crippen LogP contribution is 2.27. The summed E-state index contributed by atoms with van der Waals surface area (Å²) in [7, 11) is 0. The van der Waals surface area contributed by atoms with Crippen LogP contribution >= 0.6 is 11.6 Å². The van der Waals surface area contributed by atoms with Gasteiger partial charge in [0.05, 0.1) is 26.9 Å². The van der Waals surface area contributed by atoms with E-state index in [2.05, 4.69) is 5.32 Å². The molecule has 9 nitrogen and oxygen atoms in total. The van der Waals surface area contributed by atoms with E-state index >= 15 is 0 Å². The van der Waals surface area contributed by atoms with Crippen LogP contribution in [0.4, 0.5) is 11.5 Å². The van der Waals surface area contributed by atoms with Crippen LogP contribution in [0.5, 0.6) is 0 Å². The highest BCUT2D eigenvalue weighted by Gasteiger charge is 2.24. The maximum absolute atomic E-state index is 13.0. The van der Waals surface area contributed by atoms with E-state index in [1.165, 1.54) is 17.0 Å². The first-order valence-electron chi connectivity index (χ1n) is 11.1. The van der Waals surface area contributed by atoms with Gasteiger partial charge in [-0.2, -0.15) is 5.10 Å². The number of nitrogens with zero attached hydrogens (tertiary/aromatic N) is 4. The number of aryl methyl sites for hydroxylation is 1. The van der Waals surface area contributed by atoms with Crippen molar-refractivity contribution < 1.29 is 14.5 Å². The van der Waals surface area contributed by atoms with Gasteiger partial charge in [0.2, 0.25) is 5.91 Å². The summed E-state index contributed by atoms with van der Waals surface area (Å²) in [5.41, 5.74) is 2.33. The van der Waals surface area contributed by atoms with E-state index in [1.807, 2.05) is 58.0 Å². The van der Waals surface area contributed by atoms with Gasteiger partial charge in [-0.25, -0.2) is 4.68 Å². The summed E-state index contributed by atoms with van der Waals surface area (Å²) < 4.78 is 1.67. The summed E-state index contributed by atoms with van der Waals surface area (Å²) in [6.07, 6.45) is 0. The Bertz CT molecular complexity index is 1260. The van der Waals surface area contributed by atoms with Crippen molar-refractivity contribution in [3.05, 3.63) is 80.5 Å². The molecule has 0 spiro atoms. The number of benzene rings is 2. The van der Waals surface area contributed by atoms with Crippen LogP contribution in [0.3, 0.4) is 0 Å². The lowest BCUT2D eigenvalue weighted by molar-refractivity contribution is -0.384. The summed E-state index contributed by atoms with van der Waals surface area (Å²) in [6, 6.07) is 13.2. The van der Waals surface area contributed by atoms with E-state index in [1.54, 1.807) is 11.6 Å². The molecule has 2 aromatic carbocycles. The third-order valence-corrected chi connectivity index (χ3v) is 5.73. The third kappa shape index (κ3) is 6.05. The second-order valence-electron chi connectivity index (χ2n) is 9.20. The Morgan fingerprint density at radius 3 is 2.34 bits per heavy atom. The molecule has 1 aromatic heterocycles. The van der Waals surface area contributed by atoms with Crippen molar-refractivity contribution in [2.24, 2.45) is 0 Å². The molecule has 0 saturated heterocycles. The molecule has 10 heteroatoms. The Morgan fingerprint density at radius 1 is 1.14 bits per heavy atom. The maximum Gasteiger partial charge on any atom is 0.270 e. The minimum atomic E-state index is -0.589. The van der Waals surface area contributed by atoms with E-state index in [0.717, 1.165) is 23.0 Å². The predicted octanol–water partition coefficient (Wildman–Crippen LogP) is 5.14. The van der Waals surface area contributed by atoms with Crippen molar-refractivity contribution in [1.29, 1.82) is 0 Å². The number of anilines is 1. The number of amides is 2. The normalized spacial score (nSPS) is 11.3. The van der Waals surface area contributed by atoms with Gasteiger partial charge in [-0.05, 0) is 32.0 Å². The molecule has 0 saturated carbocycles. The quantitative estimate of drug-likeness (QED) is 0.359. The van der Waals surface area contributed by atoms with Gasteiger partial charge in [-0.1, -0.05) is 50.1 Å². The molecular weight excluding hydrogens is 470 g/mol. The van der Waals surface area contributed by atoms with Crippen molar-refractivity contribution in [3.63, 3.8) is 0 Å². The van der Waals surface area contributed by atoms with Gasteiger partial charge in [-0.15, -0.1) is 0 Å². The summed E-state index contributed by atoms with van der Waals surface area (Å²) >= 11 is 6.12. The second kappa shape index (κ2) is 10.3. The smallest absolute Gasteiger partial charge is 0.270 e. The predicted molar refractivity (Wildman–Crippen MR) is 135 cm³/mol. The number of nitro benzene ring substituents is 1. The minimum Gasteiger partial charge on any atom is -0.330 e.